The van der Waals surface area contributed by atoms with Crippen molar-refractivity contribution in [2.24, 2.45) is 0 Å². The van der Waals surface area contributed by atoms with Gasteiger partial charge in [-0.3, -0.25) is 0 Å². The summed E-state index contributed by atoms with van der Waals surface area (Å²) in [4.78, 5) is 0. The molecule has 0 heterocycles. The molecule has 2 heteroatoms. The Labute approximate surface area is 84.5 Å². The van der Waals surface area contributed by atoms with Gasteiger partial charge in [-0.05, 0) is 23.3 Å². The van der Waals surface area contributed by atoms with Crippen molar-refractivity contribution in [3.8, 4) is 11.5 Å². The summed E-state index contributed by atoms with van der Waals surface area (Å²) in [6.45, 7) is 6.05. The largest absolute Gasteiger partial charge is 0.504 e. The molecule has 2 rings (SSSR count). The van der Waals surface area contributed by atoms with Gasteiger partial charge in [-0.1, -0.05) is 32.9 Å². The quantitative estimate of drug-likeness (QED) is 0.619. The van der Waals surface area contributed by atoms with Crippen molar-refractivity contribution in [1.82, 2.24) is 0 Å². The van der Waals surface area contributed by atoms with Crippen LogP contribution in [0.3, 0.4) is 0 Å². The lowest BCUT2D eigenvalue weighted by molar-refractivity contribution is 0.403. The van der Waals surface area contributed by atoms with Gasteiger partial charge in [0.05, 0.1) is 0 Å². The molecule has 1 aliphatic rings. The molecule has 2 nitrogen and oxygen atoms in total. The topological polar surface area (TPSA) is 40.5 Å². The van der Waals surface area contributed by atoms with Gasteiger partial charge in [0.25, 0.3) is 0 Å². The number of phenolic OH excluding ortho intramolecular Hbond substituents is 2. The van der Waals surface area contributed by atoms with Crippen molar-refractivity contribution in [1.29, 1.82) is 0 Å². The Kier molecular flexibility index (Phi) is 3.18. The van der Waals surface area contributed by atoms with Crippen molar-refractivity contribution < 1.29 is 10.2 Å². The van der Waals surface area contributed by atoms with Crippen LogP contribution in [0.1, 0.15) is 37.8 Å². The van der Waals surface area contributed by atoms with Crippen LogP contribution in [-0.2, 0) is 0 Å². The number of benzene rings is 1. The SMILES string of the molecule is CC.CC1C=Cc2cc(O)c(O)cc21. The third-order valence-corrected chi connectivity index (χ3v) is 2.24. The molecule has 1 aromatic rings. The summed E-state index contributed by atoms with van der Waals surface area (Å²) >= 11 is 0. The second-order valence-electron chi connectivity index (χ2n) is 3.12. The number of aromatic hydroxyl groups is 2. The van der Waals surface area contributed by atoms with Crippen molar-refractivity contribution >= 4 is 6.08 Å². The van der Waals surface area contributed by atoms with Crippen molar-refractivity contribution in [2.45, 2.75) is 26.7 Å². The van der Waals surface area contributed by atoms with Crippen LogP contribution in [0.15, 0.2) is 18.2 Å². The Balaban J connectivity index is 0.000000461. The van der Waals surface area contributed by atoms with E-state index in [1.165, 1.54) is 0 Å². The third kappa shape index (κ3) is 1.74. The summed E-state index contributed by atoms with van der Waals surface area (Å²) < 4.78 is 0. The number of hydrogen-bond acceptors (Lipinski definition) is 2. The highest BCUT2D eigenvalue weighted by Gasteiger charge is 2.15. The highest BCUT2D eigenvalue weighted by molar-refractivity contribution is 5.66. The monoisotopic (exact) mass is 192 g/mol. The second-order valence-corrected chi connectivity index (χ2v) is 3.12. The van der Waals surface area contributed by atoms with Gasteiger partial charge in [0.2, 0.25) is 0 Å². The normalized spacial score (nSPS) is 17.2. The van der Waals surface area contributed by atoms with E-state index in [0.717, 1.165) is 11.1 Å². The first-order chi connectivity index (χ1) is 6.68. The van der Waals surface area contributed by atoms with Crippen molar-refractivity contribution in [3.63, 3.8) is 0 Å². The Morgan fingerprint density at radius 3 is 2.29 bits per heavy atom. The van der Waals surface area contributed by atoms with Crippen LogP contribution in [0.2, 0.25) is 0 Å². The fourth-order valence-corrected chi connectivity index (χ4v) is 1.50. The van der Waals surface area contributed by atoms with Gasteiger partial charge in [-0.2, -0.15) is 0 Å². The number of phenols is 2. The second kappa shape index (κ2) is 4.18. The van der Waals surface area contributed by atoms with E-state index >= 15 is 0 Å². The fourth-order valence-electron chi connectivity index (χ4n) is 1.50. The van der Waals surface area contributed by atoms with Gasteiger partial charge >= 0.3 is 0 Å². The molecular formula is C12H16O2. The predicted octanol–water partition coefficient (Wildman–Crippen LogP) is 3.25. The molecule has 1 atom stereocenters. The van der Waals surface area contributed by atoms with Crippen LogP contribution in [-0.4, -0.2) is 10.2 Å². The molecule has 0 radical (unpaired) electrons. The van der Waals surface area contributed by atoms with Gasteiger partial charge < -0.3 is 10.2 Å². The minimum Gasteiger partial charge on any atom is -0.504 e. The van der Waals surface area contributed by atoms with Crippen molar-refractivity contribution in [2.75, 3.05) is 0 Å². The molecule has 1 aliphatic carbocycles. The van der Waals surface area contributed by atoms with Gasteiger partial charge in [-0.15, -0.1) is 0 Å². The van der Waals surface area contributed by atoms with E-state index in [-0.39, 0.29) is 11.5 Å². The summed E-state index contributed by atoms with van der Waals surface area (Å²) in [5, 5.41) is 18.4. The molecule has 0 spiro atoms. The molecule has 1 aromatic carbocycles. The number of hydrogen-bond donors (Lipinski definition) is 2. The van der Waals surface area contributed by atoms with Gasteiger partial charge in [-0.25, -0.2) is 0 Å². The average molecular weight is 192 g/mol. The number of rotatable bonds is 0. The minimum atomic E-state index is -0.0486. The zero-order chi connectivity index (χ0) is 10.7. The Bertz CT molecular complexity index is 354. The first-order valence-corrected chi connectivity index (χ1v) is 4.92. The number of fused-ring (bicyclic) bond motifs is 1. The summed E-state index contributed by atoms with van der Waals surface area (Å²) in [5.74, 6) is 0.253. The molecule has 0 aliphatic heterocycles. The van der Waals surface area contributed by atoms with E-state index in [1.54, 1.807) is 12.1 Å². The lowest BCUT2D eigenvalue weighted by Gasteiger charge is -2.05. The van der Waals surface area contributed by atoms with E-state index in [4.69, 9.17) is 0 Å². The summed E-state index contributed by atoms with van der Waals surface area (Å²) in [5.41, 5.74) is 2.07. The third-order valence-electron chi connectivity index (χ3n) is 2.24. The standard InChI is InChI=1S/C10H10O2.C2H6/c1-6-2-3-7-4-9(11)10(12)5-8(6)7;1-2/h2-6,11-12H,1H3;1-2H3. The van der Waals surface area contributed by atoms with E-state index in [2.05, 4.69) is 6.92 Å². The van der Waals surface area contributed by atoms with E-state index in [1.807, 2.05) is 26.0 Å². The molecule has 0 saturated carbocycles. The first-order valence-electron chi connectivity index (χ1n) is 4.92. The van der Waals surface area contributed by atoms with E-state index < -0.39 is 0 Å². The average Bonchev–Trinajstić information content (AvgIpc) is 2.53. The molecule has 76 valence electrons. The van der Waals surface area contributed by atoms with E-state index in [0.29, 0.717) is 5.92 Å². The molecule has 0 saturated heterocycles. The van der Waals surface area contributed by atoms with Crippen LogP contribution >= 0.6 is 0 Å². The molecule has 0 bridgehead atoms. The predicted molar refractivity (Wildman–Crippen MR) is 58.6 cm³/mol. The molecule has 2 N–H and O–H groups in total. The van der Waals surface area contributed by atoms with Gasteiger partial charge in [0, 0.05) is 5.92 Å². The first kappa shape index (κ1) is 10.6. The van der Waals surface area contributed by atoms with Gasteiger partial charge in [0.1, 0.15) is 0 Å². The molecular weight excluding hydrogens is 176 g/mol. The maximum Gasteiger partial charge on any atom is 0.158 e. The number of allylic oxidation sites excluding steroid dienone is 1. The zero-order valence-electron chi connectivity index (χ0n) is 8.78. The highest BCUT2D eigenvalue weighted by atomic mass is 16.3. The van der Waals surface area contributed by atoms with Crippen LogP contribution in [0.5, 0.6) is 11.5 Å². The van der Waals surface area contributed by atoms with Crippen LogP contribution in [0, 0.1) is 0 Å². The van der Waals surface area contributed by atoms with Crippen LogP contribution in [0.25, 0.3) is 6.08 Å². The molecule has 0 fully saturated rings. The minimum absolute atomic E-state index is 0.0377. The maximum absolute atomic E-state index is 9.22. The van der Waals surface area contributed by atoms with E-state index in [9.17, 15) is 10.2 Å². The summed E-state index contributed by atoms with van der Waals surface area (Å²) in [6.07, 6.45) is 4.00. The lowest BCUT2D eigenvalue weighted by Crippen LogP contribution is -1.86. The molecule has 14 heavy (non-hydrogen) atoms. The Morgan fingerprint density at radius 2 is 1.64 bits per heavy atom. The van der Waals surface area contributed by atoms with Gasteiger partial charge in [0.15, 0.2) is 11.5 Å². The lowest BCUT2D eigenvalue weighted by atomic mass is 10.0. The highest BCUT2D eigenvalue weighted by Crippen LogP contribution is 2.36. The summed E-state index contributed by atoms with van der Waals surface area (Å²) in [6, 6.07) is 3.21. The fraction of sp³-hybridized carbons (Fsp3) is 0.333. The summed E-state index contributed by atoms with van der Waals surface area (Å²) in [7, 11) is 0. The smallest absolute Gasteiger partial charge is 0.158 e. The maximum atomic E-state index is 9.22. The zero-order valence-corrected chi connectivity index (χ0v) is 8.78. The Hall–Kier alpha value is -1.44. The molecule has 0 aromatic heterocycles. The molecule has 1 unspecified atom stereocenters. The molecule has 0 amide bonds. The van der Waals surface area contributed by atoms with Crippen molar-refractivity contribution in [3.05, 3.63) is 29.3 Å². The Morgan fingerprint density at radius 1 is 1.07 bits per heavy atom. The van der Waals surface area contributed by atoms with Crippen LogP contribution in [0.4, 0.5) is 0 Å². The van der Waals surface area contributed by atoms with Crippen LogP contribution < -0.4 is 0 Å².